The zero-order valence-electron chi connectivity index (χ0n) is 11.7. The van der Waals surface area contributed by atoms with E-state index in [1.807, 2.05) is 43.3 Å². The van der Waals surface area contributed by atoms with E-state index in [4.69, 9.17) is 10.00 Å². The van der Waals surface area contributed by atoms with Gasteiger partial charge >= 0.3 is 0 Å². The maximum Gasteiger partial charge on any atom is 0.122 e. The Morgan fingerprint density at radius 3 is 2.60 bits per heavy atom. The Morgan fingerprint density at radius 1 is 1.20 bits per heavy atom. The third-order valence-electron chi connectivity index (χ3n) is 2.93. The van der Waals surface area contributed by atoms with E-state index in [1.165, 1.54) is 0 Å². The summed E-state index contributed by atoms with van der Waals surface area (Å²) < 4.78 is 5.23. The first kappa shape index (κ1) is 14.0. The van der Waals surface area contributed by atoms with Crippen LogP contribution in [0.2, 0.25) is 0 Å². The number of nitriles is 1. The summed E-state index contributed by atoms with van der Waals surface area (Å²) in [6.45, 7) is 3.37. The highest BCUT2D eigenvalue weighted by Crippen LogP contribution is 2.13. The molecule has 0 aliphatic carbocycles. The maximum atomic E-state index is 8.74. The molecule has 1 heterocycles. The SMILES string of the molecule is COc1cc(C)nc(CNCc2ccc(C#N)cc2)c1. The molecular weight excluding hydrogens is 250 g/mol. The molecule has 1 aromatic heterocycles. The number of hydrogen-bond donors (Lipinski definition) is 1. The van der Waals surface area contributed by atoms with Crippen molar-refractivity contribution in [2.24, 2.45) is 0 Å². The molecule has 0 unspecified atom stereocenters. The molecule has 0 saturated heterocycles. The van der Waals surface area contributed by atoms with Crippen molar-refractivity contribution in [3.8, 4) is 11.8 Å². The Kier molecular flexibility index (Phi) is 4.70. The van der Waals surface area contributed by atoms with Crippen LogP contribution in [0.5, 0.6) is 5.75 Å². The third kappa shape index (κ3) is 3.81. The quantitative estimate of drug-likeness (QED) is 0.904. The minimum Gasteiger partial charge on any atom is -0.497 e. The Balaban J connectivity index is 1.92. The molecule has 0 atom stereocenters. The summed E-state index contributed by atoms with van der Waals surface area (Å²) in [6, 6.07) is 13.5. The molecule has 20 heavy (non-hydrogen) atoms. The number of pyridine rings is 1. The van der Waals surface area contributed by atoms with Gasteiger partial charge < -0.3 is 10.1 Å². The average molecular weight is 267 g/mol. The number of nitrogens with zero attached hydrogens (tertiary/aromatic N) is 2. The highest BCUT2D eigenvalue weighted by atomic mass is 16.5. The normalized spacial score (nSPS) is 10.1. The van der Waals surface area contributed by atoms with Crippen LogP contribution in [0.15, 0.2) is 36.4 Å². The van der Waals surface area contributed by atoms with Gasteiger partial charge in [0.2, 0.25) is 0 Å². The van der Waals surface area contributed by atoms with Gasteiger partial charge in [0.1, 0.15) is 5.75 Å². The number of aryl methyl sites for hydroxylation is 1. The van der Waals surface area contributed by atoms with Crippen molar-refractivity contribution in [1.82, 2.24) is 10.3 Å². The summed E-state index contributed by atoms with van der Waals surface area (Å²) in [5, 5.41) is 12.1. The van der Waals surface area contributed by atoms with Gasteiger partial charge in [-0.1, -0.05) is 12.1 Å². The van der Waals surface area contributed by atoms with Crippen LogP contribution >= 0.6 is 0 Å². The van der Waals surface area contributed by atoms with E-state index in [1.54, 1.807) is 7.11 Å². The van der Waals surface area contributed by atoms with Crippen LogP contribution in [0.25, 0.3) is 0 Å². The number of ether oxygens (including phenoxy) is 1. The van der Waals surface area contributed by atoms with Gasteiger partial charge in [-0.3, -0.25) is 4.98 Å². The van der Waals surface area contributed by atoms with Gasteiger partial charge in [-0.05, 0) is 24.6 Å². The monoisotopic (exact) mass is 267 g/mol. The van der Waals surface area contributed by atoms with E-state index >= 15 is 0 Å². The largest absolute Gasteiger partial charge is 0.497 e. The highest BCUT2D eigenvalue weighted by Gasteiger charge is 2.01. The summed E-state index contributed by atoms with van der Waals surface area (Å²) in [5.74, 6) is 0.827. The molecule has 2 rings (SSSR count). The Bertz CT molecular complexity index is 615. The third-order valence-corrected chi connectivity index (χ3v) is 2.93. The Hall–Kier alpha value is -2.38. The van der Waals surface area contributed by atoms with E-state index in [2.05, 4.69) is 16.4 Å². The molecule has 4 heteroatoms. The topological polar surface area (TPSA) is 57.9 Å². The van der Waals surface area contributed by atoms with Crippen LogP contribution < -0.4 is 10.1 Å². The standard InChI is InChI=1S/C16H17N3O/c1-12-7-16(20-2)8-15(19-12)11-18-10-14-5-3-13(9-17)4-6-14/h3-8,18H,10-11H2,1-2H3. The molecule has 4 nitrogen and oxygen atoms in total. The maximum absolute atomic E-state index is 8.74. The van der Waals surface area contributed by atoms with Crippen molar-refractivity contribution in [3.63, 3.8) is 0 Å². The van der Waals surface area contributed by atoms with Crippen LogP contribution in [-0.4, -0.2) is 12.1 Å². The molecule has 1 aromatic carbocycles. The molecule has 1 N–H and O–H groups in total. The van der Waals surface area contributed by atoms with E-state index in [0.717, 1.165) is 29.2 Å². The number of hydrogen-bond acceptors (Lipinski definition) is 4. The smallest absolute Gasteiger partial charge is 0.122 e. The van der Waals surface area contributed by atoms with Gasteiger partial charge in [-0.25, -0.2) is 0 Å². The van der Waals surface area contributed by atoms with Crippen LogP contribution in [0.4, 0.5) is 0 Å². The number of methoxy groups -OCH3 is 1. The summed E-state index contributed by atoms with van der Waals surface area (Å²) in [5.41, 5.74) is 3.72. The molecule has 0 bridgehead atoms. The minimum atomic E-state index is 0.679. The second-order valence-corrected chi connectivity index (χ2v) is 4.55. The molecule has 0 amide bonds. The second kappa shape index (κ2) is 6.69. The van der Waals surface area contributed by atoms with Gasteiger partial charge in [-0.2, -0.15) is 5.26 Å². The molecule has 0 fully saturated rings. The number of nitrogens with one attached hydrogen (secondary N) is 1. The first-order valence-electron chi connectivity index (χ1n) is 6.42. The number of rotatable bonds is 5. The molecule has 0 spiro atoms. The molecule has 0 aliphatic rings. The molecule has 0 saturated carbocycles. The van der Waals surface area contributed by atoms with Crippen LogP contribution in [0, 0.1) is 18.3 Å². The van der Waals surface area contributed by atoms with E-state index in [9.17, 15) is 0 Å². The average Bonchev–Trinajstić information content (AvgIpc) is 2.47. The van der Waals surface area contributed by atoms with Crippen LogP contribution in [-0.2, 0) is 13.1 Å². The number of benzene rings is 1. The summed E-state index contributed by atoms with van der Waals surface area (Å²) in [6.07, 6.45) is 0. The highest BCUT2D eigenvalue weighted by molar-refractivity contribution is 5.31. The molecule has 102 valence electrons. The number of aromatic nitrogens is 1. The van der Waals surface area contributed by atoms with Crippen LogP contribution in [0.3, 0.4) is 0 Å². The van der Waals surface area contributed by atoms with Gasteiger partial charge in [0.05, 0.1) is 24.4 Å². The predicted octanol–water partition coefficient (Wildman–Crippen LogP) is 2.56. The van der Waals surface area contributed by atoms with Crippen molar-refractivity contribution >= 4 is 0 Å². The van der Waals surface area contributed by atoms with Crippen molar-refractivity contribution in [1.29, 1.82) is 5.26 Å². The molecule has 2 aromatic rings. The zero-order valence-corrected chi connectivity index (χ0v) is 11.7. The predicted molar refractivity (Wildman–Crippen MR) is 77.2 cm³/mol. The fraction of sp³-hybridized carbons (Fsp3) is 0.250. The van der Waals surface area contributed by atoms with E-state index in [0.29, 0.717) is 12.1 Å². The van der Waals surface area contributed by atoms with Crippen molar-refractivity contribution in [2.45, 2.75) is 20.0 Å². The summed E-state index contributed by atoms with van der Waals surface area (Å²) in [4.78, 5) is 4.45. The van der Waals surface area contributed by atoms with Crippen molar-refractivity contribution < 1.29 is 4.74 Å². The van der Waals surface area contributed by atoms with Crippen molar-refractivity contribution in [2.75, 3.05) is 7.11 Å². The minimum absolute atomic E-state index is 0.679. The van der Waals surface area contributed by atoms with Gasteiger partial charge in [0.25, 0.3) is 0 Å². The van der Waals surface area contributed by atoms with Crippen LogP contribution in [0.1, 0.15) is 22.5 Å². The van der Waals surface area contributed by atoms with Gasteiger partial charge in [-0.15, -0.1) is 0 Å². The summed E-state index contributed by atoms with van der Waals surface area (Å²) in [7, 11) is 1.66. The van der Waals surface area contributed by atoms with E-state index in [-0.39, 0.29) is 0 Å². The molecule has 0 aliphatic heterocycles. The fourth-order valence-electron chi connectivity index (χ4n) is 1.94. The second-order valence-electron chi connectivity index (χ2n) is 4.55. The Morgan fingerprint density at radius 2 is 1.95 bits per heavy atom. The Labute approximate surface area is 119 Å². The lowest BCUT2D eigenvalue weighted by Gasteiger charge is -2.07. The first-order chi connectivity index (χ1) is 9.71. The lowest BCUT2D eigenvalue weighted by atomic mass is 10.1. The molecular formula is C16H17N3O. The van der Waals surface area contributed by atoms with E-state index < -0.39 is 0 Å². The van der Waals surface area contributed by atoms with Crippen molar-refractivity contribution in [3.05, 3.63) is 58.9 Å². The first-order valence-corrected chi connectivity index (χ1v) is 6.42. The van der Waals surface area contributed by atoms with Gasteiger partial charge in [0.15, 0.2) is 0 Å². The molecule has 0 radical (unpaired) electrons. The zero-order chi connectivity index (χ0) is 14.4. The fourth-order valence-corrected chi connectivity index (χ4v) is 1.94. The van der Waals surface area contributed by atoms with Gasteiger partial charge in [0, 0.05) is 30.9 Å². The lowest BCUT2D eigenvalue weighted by Crippen LogP contribution is -2.14. The lowest BCUT2D eigenvalue weighted by molar-refractivity contribution is 0.412. The summed E-state index contributed by atoms with van der Waals surface area (Å²) >= 11 is 0.